The lowest BCUT2D eigenvalue weighted by molar-refractivity contribution is -0.196. The molecular formula is C31H35N3O4. The summed E-state index contributed by atoms with van der Waals surface area (Å²) in [6, 6.07) is 15.8. The number of para-hydroxylation sites is 1. The number of nitrogens with one attached hydrogen (secondary N) is 1. The van der Waals surface area contributed by atoms with Crippen molar-refractivity contribution in [1.82, 2.24) is 9.78 Å². The van der Waals surface area contributed by atoms with Crippen LogP contribution in [0.2, 0.25) is 0 Å². The molecule has 4 aliphatic rings. The summed E-state index contributed by atoms with van der Waals surface area (Å²) in [5, 5.41) is 18.7. The third-order valence-corrected chi connectivity index (χ3v) is 8.89. The van der Waals surface area contributed by atoms with E-state index in [2.05, 4.69) is 38.2 Å². The van der Waals surface area contributed by atoms with Crippen LogP contribution in [0.5, 0.6) is 0 Å². The zero-order chi connectivity index (χ0) is 26.7. The zero-order valence-corrected chi connectivity index (χ0v) is 22.3. The molecule has 2 aromatic carbocycles. The Labute approximate surface area is 223 Å². The molecule has 2 unspecified atom stereocenters. The number of esters is 1. The number of aliphatic hydroxyl groups is 1. The number of amides is 1. The second-order valence-electron chi connectivity index (χ2n) is 12.0. The van der Waals surface area contributed by atoms with E-state index in [1.165, 1.54) is 11.1 Å². The summed E-state index contributed by atoms with van der Waals surface area (Å²) in [7, 11) is 0. The van der Waals surface area contributed by atoms with E-state index < -0.39 is 16.9 Å². The number of ether oxygens (including phenoxy) is 1. The first-order valence-corrected chi connectivity index (χ1v) is 13.6. The third-order valence-electron chi connectivity index (χ3n) is 8.89. The van der Waals surface area contributed by atoms with Gasteiger partial charge >= 0.3 is 5.97 Å². The minimum atomic E-state index is -0.754. The van der Waals surface area contributed by atoms with Gasteiger partial charge in [0, 0.05) is 11.6 Å². The van der Waals surface area contributed by atoms with Crippen molar-refractivity contribution in [2.75, 3.05) is 11.9 Å². The number of hydrogen-bond acceptors (Lipinski definition) is 5. The molecule has 7 heteroatoms. The van der Waals surface area contributed by atoms with Crippen molar-refractivity contribution in [3.63, 3.8) is 0 Å². The van der Waals surface area contributed by atoms with E-state index in [-0.39, 0.29) is 12.6 Å². The molecule has 4 aliphatic carbocycles. The van der Waals surface area contributed by atoms with Crippen LogP contribution in [0.3, 0.4) is 0 Å². The van der Waals surface area contributed by atoms with Gasteiger partial charge < -0.3 is 15.2 Å². The predicted molar refractivity (Wildman–Crippen MR) is 145 cm³/mol. The summed E-state index contributed by atoms with van der Waals surface area (Å²) >= 11 is 0. The van der Waals surface area contributed by atoms with E-state index in [0.29, 0.717) is 24.1 Å². The van der Waals surface area contributed by atoms with Crippen molar-refractivity contribution in [3.05, 3.63) is 65.2 Å². The molecule has 0 aliphatic heterocycles. The van der Waals surface area contributed by atoms with E-state index in [9.17, 15) is 14.7 Å². The van der Waals surface area contributed by atoms with E-state index in [4.69, 9.17) is 9.84 Å². The van der Waals surface area contributed by atoms with Crippen LogP contribution in [0.25, 0.3) is 16.9 Å². The van der Waals surface area contributed by atoms with E-state index in [1.54, 1.807) is 4.68 Å². The van der Waals surface area contributed by atoms with Crippen LogP contribution in [-0.4, -0.2) is 39.0 Å². The van der Waals surface area contributed by atoms with E-state index >= 15 is 0 Å². The average molecular weight is 514 g/mol. The van der Waals surface area contributed by atoms with Crippen molar-refractivity contribution in [2.24, 2.45) is 17.3 Å². The Morgan fingerprint density at radius 1 is 1.00 bits per heavy atom. The van der Waals surface area contributed by atoms with Gasteiger partial charge in [-0.3, -0.25) is 9.59 Å². The average Bonchev–Trinajstić information content (AvgIpc) is 3.27. The minimum Gasteiger partial charge on any atom is -0.455 e. The molecule has 3 aromatic rings. The molecule has 2 N–H and O–H groups in total. The number of carbonyl (C=O) groups excluding carboxylic acids is 2. The molecule has 38 heavy (non-hydrogen) atoms. The van der Waals surface area contributed by atoms with Gasteiger partial charge in [0.25, 0.3) is 5.91 Å². The molecule has 0 radical (unpaired) electrons. The van der Waals surface area contributed by atoms with Crippen LogP contribution in [0, 0.1) is 38.0 Å². The first-order valence-electron chi connectivity index (χ1n) is 13.6. The highest BCUT2D eigenvalue weighted by molar-refractivity contribution is 5.93. The van der Waals surface area contributed by atoms with Gasteiger partial charge in [0.2, 0.25) is 0 Å². The maximum absolute atomic E-state index is 13.2. The summed E-state index contributed by atoms with van der Waals surface area (Å²) in [5.74, 6) is 0.490. The number of nitrogens with zero attached hydrogens (tertiary/aromatic N) is 2. The predicted octanol–water partition coefficient (Wildman–Crippen LogP) is 5.28. The molecule has 198 valence electrons. The maximum atomic E-state index is 13.2. The Hall–Kier alpha value is -3.45. The maximum Gasteiger partial charge on any atom is 0.312 e. The summed E-state index contributed by atoms with van der Waals surface area (Å²) in [6.07, 6.45) is 4.61. The molecule has 1 heterocycles. The van der Waals surface area contributed by atoms with Gasteiger partial charge in [0.05, 0.1) is 22.4 Å². The Bertz CT molecular complexity index is 1400. The number of carbonyl (C=O) groups is 2. The van der Waals surface area contributed by atoms with Crippen molar-refractivity contribution >= 4 is 17.7 Å². The SMILES string of the molecule is Cc1cc(C)c(-c2cc(NC(=O)COC(=O)C34CC5CC(CC(O)(C5)C3)C4)n(-c3ccccc3)n2)cc1C. The standard InChI is InChI=1S/C31H35N3O4/c1-19-9-21(3)25(10-20(19)2)26-12-27(34(33-26)24-7-5-4-6-8-24)32-28(35)17-38-29(36)30-13-22-11-23(14-30)16-31(37,15-22)18-30/h4-10,12,22-23,37H,11,13-18H2,1-3H3,(H,32,35). The van der Waals surface area contributed by atoms with Gasteiger partial charge in [-0.2, -0.15) is 5.10 Å². The molecule has 4 saturated carbocycles. The fourth-order valence-electron chi connectivity index (χ4n) is 7.52. The first kappa shape index (κ1) is 24.9. The van der Waals surface area contributed by atoms with Crippen LogP contribution < -0.4 is 5.32 Å². The van der Waals surface area contributed by atoms with Gasteiger partial charge in [-0.1, -0.05) is 24.3 Å². The Kier molecular flexibility index (Phi) is 5.94. The quantitative estimate of drug-likeness (QED) is 0.438. The first-order chi connectivity index (χ1) is 18.1. The molecule has 1 amide bonds. The number of aromatic nitrogens is 2. The molecular weight excluding hydrogens is 478 g/mol. The molecule has 4 bridgehead atoms. The van der Waals surface area contributed by atoms with E-state index in [0.717, 1.165) is 54.6 Å². The number of benzene rings is 2. The highest BCUT2D eigenvalue weighted by atomic mass is 16.5. The lowest BCUT2D eigenvalue weighted by Crippen LogP contribution is -2.58. The smallest absolute Gasteiger partial charge is 0.312 e. The molecule has 0 spiro atoms. The van der Waals surface area contributed by atoms with Gasteiger partial charge in [-0.05, 0) is 106 Å². The second-order valence-corrected chi connectivity index (χ2v) is 12.0. The fraction of sp³-hybridized carbons (Fsp3) is 0.452. The topological polar surface area (TPSA) is 93.5 Å². The summed E-state index contributed by atoms with van der Waals surface area (Å²) in [6.45, 7) is 5.85. The zero-order valence-electron chi connectivity index (χ0n) is 22.3. The van der Waals surface area contributed by atoms with Crippen LogP contribution >= 0.6 is 0 Å². The molecule has 7 nitrogen and oxygen atoms in total. The van der Waals surface area contributed by atoms with Crippen molar-refractivity contribution < 1.29 is 19.4 Å². The van der Waals surface area contributed by atoms with Gasteiger partial charge in [0.1, 0.15) is 5.82 Å². The highest BCUT2D eigenvalue weighted by Gasteiger charge is 2.60. The number of rotatable bonds is 6. The van der Waals surface area contributed by atoms with Crippen LogP contribution in [0.15, 0.2) is 48.5 Å². The van der Waals surface area contributed by atoms with Gasteiger partial charge in [0.15, 0.2) is 6.61 Å². The van der Waals surface area contributed by atoms with E-state index in [1.807, 2.05) is 36.4 Å². The van der Waals surface area contributed by atoms with Gasteiger partial charge in [-0.15, -0.1) is 0 Å². The number of anilines is 1. The lowest BCUT2D eigenvalue weighted by Gasteiger charge is -2.58. The van der Waals surface area contributed by atoms with Gasteiger partial charge in [-0.25, -0.2) is 4.68 Å². The van der Waals surface area contributed by atoms with Crippen LogP contribution in [0.1, 0.15) is 55.2 Å². The van der Waals surface area contributed by atoms with Crippen LogP contribution in [-0.2, 0) is 14.3 Å². The summed E-state index contributed by atoms with van der Waals surface area (Å²) < 4.78 is 7.31. The molecule has 1 aromatic heterocycles. The van der Waals surface area contributed by atoms with Crippen LogP contribution in [0.4, 0.5) is 5.82 Å². The van der Waals surface area contributed by atoms with Crippen molar-refractivity contribution in [3.8, 4) is 16.9 Å². The summed E-state index contributed by atoms with van der Waals surface area (Å²) in [5.41, 5.74) is 4.66. The van der Waals surface area contributed by atoms with Crippen molar-refractivity contribution in [1.29, 1.82) is 0 Å². The minimum absolute atomic E-state index is 0.344. The Morgan fingerprint density at radius 2 is 1.68 bits per heavy atom. The highest BCUT2D eigenvalue weighted by Crippen LogP contribution is 2.62. The summed E-state index contributed by atoms with van der Waals surface area (Å²) in [4.78, 5) is 26.3. The largest absolute Gasteiger partial charge is 0.455 e. The number of aryl methyl sites for hydroxylation is 3. The molecule has 2 atom stereocenters. The Balaban J connectivity index is 1.21. The molecule has 0 saturated heterocycles. The fourth-order valence-corrected chi connectivity index (χ4v) is 7.52. The molecule has 4 fully saturated rings. The normalized spacial score (nSPS) is 27.4. The second kappa shape index (κ2) is 9.09. The monoisotopic (exact) mass is 513 g/mol. The number of hydrogen-bond donors (Lipinski definition) is 2. The Morgan fingerprint density at radius 3 is 2.37 bits per heavy atom. The van der Waals surface area contributed by atoms with Crippen molar-refractivity contribution in [2.45, 2.75) is 64.9 Å². The lowest BCUT2D eigenvalue weighted by atomic mass is 9.48. The molecule has 7 rings (SSSR count). The third kappa shape index (κ3) is 4.43.